The van der Waals surface area contributed by atoms with Gasteiger partial charge in [0.05, 0.1) is 25.3 Å². The molecule has 1 atom stereocenters. The number of ether oxygens (including phenoxy) is 2. The van der Waals surface area contributed by atoms with Crippen LogP contribution in [0.15, 0.2) is 18.2 Å². The molecule has 2 rings (SSSR count). The molecule has 1 aliphatic rings. The van der Waals surface area contributed by atoms with Crippen LogP contribution in [0.2, 0.25) is 0 Å². The van der Waals surface area contributed by atoms with Crippen LogP contribution in [-0.4, -0.2) is 25.7 Å². The fourth-order valence-corrected chi connectivity index (χ4v) is 2.01. The number of carbonyl (C=O) groups excluding carboxylic acids is 1. The Labute approximate surface area is 106 Å². The van der Waals surface area contributed by atoms with E-state index >= 15 is 0 Å². The number of nitrogens with one attached hydrogen (secondary N) is 1. The van der Waals surface area contributed by atoms with Gasteiger partial charge in [-0.05, 0) is 25.0 Å². The fraction of sp³-hybridized carbons (Fsp3) is 0.462. The first-order valence-corrected chi connectivity index (χ1v) is 6.04. The van der Waals surface area contributed by atoms with E-state index < -0.39 is 0 Å². The monoisotopic (exact) mass is 250 g/mol. The number of nitrogen functional groups attached to an aromatic ring is 1. The van der Waals surface area contributed by atoms with Crippen molar-refractivity contribution >= 4 is 17.3 Å². The average molecular weight is 250 g/mol. The van der Waals surface area contributed by atoms with E-state index in [4.69, 9.17) is 15.2 Å². The normalized spacial score (nSPS) is 18.6. The van der Waals surface area contributed by atoms with Gasteiger partial charge in [0.1, 0.15) is 5.75 Å². The minimum atomic E-state index is -0.0475. The molecule has 1 unspecified atom stereocenters. The Morgan fingerprint density at radius 2 is 2.44 bits per heavy atom. The smallest absolute Gasteiger partial charge is 0.226 e. The van der Waals surface area contributed by atoms with Crippen LogP contribution in [0.25, 0.3) is 0 Å². The van der Waals surface area contributed by atoms with Crippen LogP contribution in [0.3, 0.4) is 0 Å². The number of carbonyl (C=O) groups is 1. The van der Waals surface area contributed by atoms with Gasteiger partial charge in [0.2, 0.25) is 5.91 Å². The van der Waals surface area contributed by atoms with E-state index in [1.807, 2.05) is 0 Å². The molecule has 18 heavy (non-hydrogen) atoms. The summed E-state index contributed by atoms with van der Waals surface area (Å²) in [5.41, 5.74) is 6.94. The second-order valence-electron chi connectivity index (χ2n) is 4.34. The number of hydrogen-bond donors (Lipinski definition) is 2. The van der Waals surface area contributed by atoms with E-state index in [1.54, 1.807) is 25.3 Å². The third-order valence-corrected chi connectivity index (χ3v) is 2.95. The zero-order valence-corrected chi connectivity index (χ0v) is 10.4. The van der Waals surface area contributed by atoms with Crippen molar-refractivity contribution in [2.75, 3.05) is 24.8 Å². The molecule has 1 saturated heterocycles. The zero-order chi connectivity index (χ0) is 13.0. The predicted molar refractivity (Wildman–Crippen MR) is 69.6 cm³/mol. The summed E-state index contributed by atoms with van der Waals surface area (Å²) in [6.07, 6.45) is 2.44. The van der Waals surface area contributed by atoms with Gasteiger partial charge in [0.25, 0.3) is 0 Å². The van der Waals surface area contributed by atoms with Crippen LogP contribution < -0.4 is 15.8 Å². The number of hydrogen-bond acceptors (Lipinski definition) is 4. The lowest BCUT2D eigenvalue weighted by molar-refractivity contribution is -0.118. The number of rotatable bonds is 4. The highest BCUT2D eigenvalue weighted by molar-refractivity contribution is 5.91. The van der Waals surface area contributed by atoms with Crippen molar-refractivity contribution in [1.82, 2.24) is 0 Å². The maximum atomic E-state index is 11.8. The van der Waals surface area contributed by atoms with Crippen molar-refractivity contribution < 1.29 is 14.3 Å². The molecule has 5 nitrogen and oxygen atoms in total. The number of anilines is 2. The van der Waals surface area contributed by atoms with Crippen LogP contribution in [-0.2, 0) is 9.53 Å². The summed E-state index contributed by atoms with van der Waals surface area (Å²) >= 11 is 0. The Kier molecular flexibility index (Phi) is 4.04. The van der Waals surface area contributed by atoms with Gasteiger partial charge in [-0.2, -0.15) is 0 Å². The molecule has 0 spiro atoms. The van der Waals surface area contributed by atoms with Gasteiger partial charge < -0.3 is 20.5 Å². The number of benzene rings is 1. The Hall–Kier alpha value is -1.75. The van der Waals surface area contributed by atoms with Gasteiger partial charge in [0.15, 0.2) is 0 Å². The Morgan fingerprint density at radius 3 is 3.11 bits per heavy atom. The Morgan fingerprint density at radius 1 is 1.61 bits per heavy atom. The maximum Gasteiger partial charge on any atom is 0.226 e. The molecular weight excluding hydrogens is 232 g/mol. The topological polar surface area (TPSA) is 73.6 Å². The minimum Gasteiger partial charge on any atom is -0.495 e. The van der Waals surface area contributed by atoms with Gasteiger partial charge >= 0.3 is 0 Å². The van der Waals surface area contributed by atoms with Crippen LogP contribution in [0, 0.1) is 0 Å². The lowest BCUT2D eigenvalue weighted by Crippen LogP contribution is -2.19. The van der Waals surface area contributed by atoms with E-state index in [9.17, 15) is 4.79 Å². The Balaban J connectivity index is 1.93. The third kappa shape index (κ3) is 3.13. The number of methoxy groups -OCH3 is 1. The van der Waals surface area contributed by atoms with Gasteiger partial charge in [-0.1, -0.05) is 0 Å². The first-order valence-electron chi connectivity index (χ1n) is 6.04. The molecule has 0 bridgehead atoms. The van der Waals surface area contributed by atoms with Crippen molar-refractivity contribution in [3.8, 4) is 5.75 Å². The Bertz CT molecular complexity index is 428. The van der Waals surface area contributed by atoms with Crippen LogP contribution >= 0.6 is 0 Å². The van der Waals surface area contributed by atoms with Crippen LogP contribution in [0.1, 0.15) is 19.3 Å². The third-order valence-electron chi connectivity index (χ3n) is 2.95. The number of amides is 1. The van der Waals surface area contributed by atoms with Crippen LogP contribution in [0.4, 0.5) is 11.4 Å². The molecule has 0 aromatic heterocycles. The van der Waals surface area contributed by atoms with E-state index in [0.717, 1.165) is 19.4 Å². The van der Waals surface area contributed by atoms with E-state index in [0.29, 0.717) is 23.5 Å². The van der Waals surface area contributed by atoms with Crippen molar-refractivity contribution in [2.45, 2.75) is 25.4 Å². The minimum absolute atomic E-state index is 0.0475. The molecule has 1 aromatic rings. The summed E-state index contributed by atoms with van der Waals surface area (Å²) in [6.45, 7) is 0.758. The fourth-order valence-electron chi connectivity index (χ4n) is 2.01. The lowest BCUT2D eigenvalue weighted by atomic mass is 10.1. The molecule has 1 fully saturated rings. The molecule has 1 aliphatic heterocycles. The summed E-state index contributed by atoms with van der Waals surface area (Å²) in [7, 11) is 1.55. The first-order chi connectivity index (χ1) is 8.69. The number of nitrogens with two attached hydrogens (primary N) is 1. The molecular formula is C13H18N2O3. The van der Waals surface area contributed by atoms with E-state index in [-0.39, 0.29) is 12.0 Å². The van der Waals surface area contributed by atoms with Crippen molar-refractivity contribution in [2.24, 2.45) is 0 Å². The van der Waals surface area contributed by atoms with Crippen molar-refractivity contribution in [3.05, 3.63) is 18.2 Å². The molecule has 0 aliphatic carbocycles. The molecule has 1 aromatic carbocycles. The quantitative estimate of drug-likeness (QED) is 0.799. The van der Waals surface area contributed by atoms with Gasteiger partial charge in [-0.15, -0.1) is 0 Å². The molecule has 98 valence electrons. The van der Waals surface area contributed by atoms with Crippen molar-refractivity contribution in [3.63, 3.8) is 0 Å². The van der Waals surface area contributed by atoms with Gasteiger partial charge in [0, 0.05) is 18.4 Å². The maximum absolute atomic E-state index is 11.8. The van der Waals surface area contributed by atoms with Gasteiger partial charge in [-0.3, -0.25) is 4.79 Å². The highest BCUT2D eigenvalue weighted by atomic mass is 16.5. The van der Waals surface area contributed by atoms with Crippen LogP contribution in [0.5, 0.6) is 5.75 Å². The van der Waals surface area contributed by atoms with E-state index in [2.05, 4.69) is 5.32 Å². The summed E-state index contributed by atoms with van der Waals surface area (Å²) in [6, 6.07) is 5.18. The van der Waals surface area contributed by atoms with Crippen molar-refractivity contribution in [1.29, 1.82) is 0 Å². The zero-order valence-electron chi connectivity index (χ0n) is 10.4. The summed E-state index contributed by atoms with van der Waals surface area (Å²) in [4.78, 5) is 11.8. The lowest BCUT2D eigenvalue weighted by Gasteiger charge is -2.11. The average Bonchev–Trinajstić information content (AvgIpc) is 2.84. The SMILES string of the molecule is COc1cc(NC(=O)CC2CCCO2)ccc1N. The molecule has 1 heterocycles. The second-order valence-corrected chi connectivity index (χ2v) is 4.34. The molecule has 3 N–H and O–H groups in total. The largest absolute Gasteiger partial charge is 0.495 e. The first kappa shape index (κ1) is 12.7. The standard InChI is InChI=1S/C13H18N2O3/c1-17-12-7-9(4-5-11(12)14)15-13(16)8-10-3-2-6-18-10/h4-5,7,10H,2-3,6,8,14H2,1H3,(H,15,16). The van der Waals surface area contributed by atoms with Gasteiger partial charge in [-0.25, -0.2) is 0 Å². The molecule has 0 radical (unpaired) electrons. The molecule has 1 amide bonds. The van der Waals surface area contributed by atoms with E-state index in [1.165, 1.54) is 0 Å². The second kappa shape index (κ2) is 5.73. The highest BCUT2D eigenvalue weighted by Gasteiger charge is 2.19. The predicted octanol–water partition coefficient (Wildman–Crippen LogP) is 1.78. The molecule has 5 heteroatoms. The molecule has 0 saturated carbocycles. The summed E-state index contributed by atoms with van der Waals surface area (Å²) in [5.74, 6) is 0.513. The highest BCUT2D eigenvalue weighted by Crippen LogP contribution is 2.25. The summed E-state index contributed by atoms with van der Waals surface area (Å²) in [5, 5.41) is 2.82. The summed E-state index contributed by atoms with van der Waals surface area (Å²) < 4.78 is 10.5.